The van der Waals surface area contributed by atoms with Crippen LogP contribution in [-0.2, 0) is 0 Å². The molecule has 6 aromatic carbocycles. The Bertz CT molecular complexity index is 2440. The minimum atomic E-state index is 0.709. The Labute approximate surface area is 265 Å². The maximum atomic E-state index is 5.04. The zero-order valence-electron chi connectivity index (χ0n) is 24.8. The summed E-state index contributed by atoms with van der Waals surface area (Å²) in [4.78, 5) is 9.99. The van der Waals surface area contributed by atoms with Crippen LogP contribution in [0.25, 0.3) is 78.0 Å². The van der Waals surface area contributed by atoms with Crippen molar-refractivity contribution in [3.8, 4) is 45.3 Å². The van der Waals surface area contributed by atoms with Gasteiger partial charge in [-0.25, -0.2) is 14.6 Å². The number of fused-ring (bicyclic) bond motifs is 5. The molecule has 5 nitrogen and oxygen atoms in total. The normalized spacial score (nSPS) is 11.5. The third kappa shape index (κ3) is 4.37. The van der Waals surface area contributed by atoms with Gasteiger partial charge in [0.2, 0.25) is 0 Å². The van der Waals surface area contributed by atoms with E-state index in [9.17, 15) is 0 Å². The predicted molar refractivity (Wildman–Crippen MR) is 187 cm³/mol. The molecule has 0 atom stereocenters. The van der Waals surface area contributed by atoms with Gasteiger partial charge in [-0.3, -0.25) is 0 Å². The molecular formula is C41H27N5. The Morgan fingerprint density at radius 3 is 1.76 bits per heavy atom. The average molecular weight is 590 g/mol. The van der Waals surface area contributed by atoms with Crippen LogP contribution in [0, 0.1) is 0 Å². The summed E-state index contributed by atoms with van der Waals surface area (Å²) in [5, 5.41) is 8.47. The number of hydrogen-bond acceptors (Lipinski definition) is 3. The molecule has 0 fully saturated rings. The van der Waals surface area contributed by atoms with E-state index < -0.39 is 0 Å². The van der Waals surface area contributed by atoms with Crippen LogP contribution in [0.2, 0.25) is 0 Å². The molecule has 0 bridgehead atoms. The Balaban J connectivity index is 1.21. The van der Waals surface area contributed by atoms with Crippen molar-refractivity contribution in [3.63, 3.8) is 0 Å². The van der Waals surface area contributed by atoms with Crippen LogP contribution in [0.3, 0.4) is 0 Å². The Morgan fingerprint density at radius 1 is 0.435 bits per heavy atom. The minimum Gasteiger partial charge on any atom is -0.309 e. The molecule has 46 heavy (non-hydrogen) atoms. The topological polar surface area (TPSA) is 48.5 Å². The standard InChI is InChI=1S/C41H27N5/c1-4-12-28(13-5-1)37-26-38(43-41(42-37)30-14-6-2-7-15-30)29-20-22-32(23-21-29)46-39-19-11-10-18-33(39)34-24-25-36-35(40(34)46)27-45(44-36)31-16-8-3-9-17-31/h1-27H. The molecule has 9 rings (SSSR count). The van der Waals surface area contributed by atoms with Gasteiger partial charge < -0.3 is 4.57 Å². The molecule has 0 aliphatic rings. The molecule has 9 aromatic rings. The summed E-state index contributed by atoms with van der Waals surface area (Å²) >= 11 is 0. The van der Waals surface area contributed by atoms with Crippen LogP contribution in [0.4, 0.5) is 0 Å². The third-order valence-electron chi connectivity index (χ3n) is 8.59. The Kier molecular flexibility index (Phi) is 6.06. The fraction of sp³-hybridized carbons (Fsp3) is 0. The number of rotatable bonds is 5. The third-order valence-corrected chi connectivity index (χ3v) is 8.59. The molecule has 216 valence electrons. The maximum Gasteiger partial charge on any atom is 0.160 e. The number of aromatic nitrogens is 5. The summed E-state index contributed by atoms with van der Waals surface area (Å²) in [6.45, 7) is 0. The van der Waals surface area contributed by atoms with Gasteiger partial charge in [0.25, 0.3) is 0 Å². The average Bonchev–Trinajstić information content (AvgIpc) is 3.73. The van der Waals surface area contributed by atoms with E-state index in [0.29, 0.717) is 5.82 Å². The first-order valence-electron chi connectivity index (χ1n) is 15.4. The first-order chi connectivity index (χ1) is 22.8. The first-order valence-corrected chi connectivity index (χ1v) is 15.4. The molecular weight excluding hydrogens is 562 g/mol. The quantitative estimate of drug-likeness (QED) is 0.201. The number of para-hydroxylation sites is 2. The second kappa shape index (κ2) is 10.7. The molecule has 0 aliphatic carbocycles. The van der Waals surface area contributed by atoms with Gasteiger partial charge in [-0.1, -0.05) is 109 Å². The molecule has 5 heteroatoms. The van der Waals surface area contributed by atoms with Crippen LogP contribution in [0.5, 0.6) is 0 Å². The molecule has 0 radical (unpaired) electrons. The second-order valence-electron chi connectivity index (χ2n) is 11.4. The van der Waals surface area contributed by atoms with E-state index in [2.05, 4.69) is 114 Å². The van der Waals surface area contributed by atoms with Gasteiger partial charge in [-0.05, 0) is 48.5 Å². The van der Waals surface area contributed by atoms with Crippen molar-refractivity contribution in [1.82, 2.24) is 24.3 Å². The lowest BCUT2D eigenvalue weighted by atomic mass is 10.1. The zero-order chi connectivity index (χ0) is 30.5. The second-order valence-corrected chi connectivity index (χ2v) is 11.4. The van der Waals surface area contributed by atoms with Crippen molar-refractivity contribution in [2.75, 3.05) is 0 Å². The summed E-state index contributed by atoms with van der Waals surface area (Å²) in [6.07, 6.45) is 2.15. The van der Waals surface area contributed by atoms with E-state index >= 15 is 0 Å². The number of hydrogen-bond donors (Lipinski definition) is 0. The molecule has 0 unspecified atom stereocenters. The highest BCUT2D eigenvalue weighted by atomic mass is 15.3. The van der Waals surface area contributed by atoms with Crippen LogP contribution in [-0.4, -0.2) is 24.3 Å². The summed E-state index contributed by atoms with van der Waals surface area (Å²) in [7, 11) is 0. The molecule has 0 amide bonds. The van der Waals surface area contributed by atoms with E-state index in [1.807, 2.05) is 59.3 Å². The van der Waals surface area contributed by atoms with E-state index in [1.54, 1.807) is 0 Å². The summed E-state index contributed by atoms with van der Waals surface area (Å²) in [5.41, 5.74) is 10.2. The number of nitrogens with zero attached hydrogens (tertiary/aromatic N) is 5. The SMILES string of the molecule is c1ccc(-c2cc(-c3ccc(-n4c5ccccc5c5ccc6nn(-c7ccccc7)cc6c54)cc3)nc(-c3ccccc3)n2)cc1. The van der Waals surface area contributed by atoms with Crippen molar-refractivity contribution in [1.29, 1.82) is 0 Å². The lowest BCUT2D eigenvalue weighted by molar-refractivity contribution is 0.896. The smallest absolute Gasteiger partial charge is 0.160 e. The van der Waals surface area contributed by atoms with Crippen LogP contribution < -0.4 is 0 Å². The maximum absolute atomic E-state index is 5.04. The fourth-order valence-corrected chi connectivity index (χ4v) is 6.38. The van der Waals surface area contributed by atoms with Crippen molar-refractivity contribution in [3.05, 3.63) is 164 Å². The summed E-state index contributed by atoms with van der Waals surface area (Å²) in [6, 6.07) is 54.4. The molecule has 0 N–H and O–H groups in total. The van der Waals surface area contributed by atoms with Gasteiger partial charge >= 0.3 is 0 Å². The van der Waals surface area contributed by atoms with Crippen molar-refractivity contribution < 1.29 is 0 Å². The monoisotopic (exact) mass is 589 g/mol. The van der Waals surface area contributed by atoms with E-state index in [4.69, 9.17) is 15.1 Å². The zero-order valence-corrected chi connectivity index (χ0v) is 24.8. The van der Waals surface area contributed by atoms with E-state index in [0.717, 1.165) is 61.4 Å². The van der Waals surface area contributed by atoms with Gasteiger partial charge in [0.05, 0.1) is 33.6 Å². The van der Waals surface area contributed by atoms with Crippen LogP contribution >= 0.6 is 0 Å². The van der Waals surface area contributed by atoms with Crippen LogP contribution in [0.15, 0.2) is 164 Å². The molecule has 0 saturated carbocycles. The van der Waals surface area contributed by atoms with Crippen molar-refractivity contribution in [2.24, 2.45) is 0 Å². The van der Waals surface area contributed by atoms with Gasteiger partial charge in [0.1, 0.15) is 0 Å². The summed E-state index contributed by atoms with van der Waals surface area (Å²) in [5.74, 6) is 0.709. The fourth-order valence-electron chi connectivity index (χ4n) is 6.38. The van der Waals surface area contributed by atoms with E-state index in [-0.39, 0.29) is 0 Å². The largest absolute Gasteiger partial charge is 0.309 e. The highest BCUT2D eigenvalue weighted by Gasteiger charge is 2.17. The Hall–Kier alpha value is -6.33. The molecule has 3 heterocycles. The lowest BCUT2D eigenvalue weighted by Gasteiger charge is -2.11. The van der Waals surface area contributed by atoms with Gasteiger partial charge in [0.15, 0.2) is 5.82 Å². The highest BCUT2D eigenvalue weighted by molar-refractivity contribution is 6.18. The summed E-state index contributed by atoms with van der Waals surface area (Å²) < 4.78 is 4.33. The van der Waals surface area contributed by atoms with Gasteiger partial charge in [-0.15, -0.1) is 0 Å². The Morgan fingerprint density at radius 2 is 1.04 bits per heavy atom. The first kappa shape index (κ1) is 26.1. The minimum absolute atomic E-state index is 0.709. The van der Waals surface area contributed by atoms with Gasteiger partial charge in [0, 0.05) is 44.7 Å². The number of benzene rings is 6. The van der Waals surface area contributed by atoms with E-state index in [1.165, 1.54) is 10.8 Å². The molecule has 0 spiro atoms. The van der Waals surface area contributed by atoms with Crippen LogP contribution in [0.1, 0.15) is 0 Å². The van der Waals surface area contributed by atoms with Crippen molar-refractivity contribution >= 4 is 32.7 Å². The predicted octanol–water partition coefficient (Wildman–Crippen LogP) is 9.91. The molecule has 3 aromatic heterocycles. The van der Waals surface area contributed by atoms with Gasteiger partial charge in [-0.2, -0.15) is 5.10 Å². The van der Waals surface area contributed by atoms with Crippen molar-refractivity contribution in [2.45, 2.75) is 0 Å². The molecule has 0 saturated heterocycles. The lowest BCUT2D eigenvalue weighted by Crippen LogP contribution is -1.97. The highest BCUT2D eigenvalue weighted by Crippen LogP contribution is 2.37. The molecule has 0 aliphatic heterocycles.